The second-order valence-corrected chi connectivity index (χ2v) is 8.91. The highest BCUT2D eigenvalue weighted by Crippen LogP contribution is 2.19. The fourth-order valence-corrected chi connectivity index (χ4v) is 4.02. The molecule has 4 N–H and O–H groups in total. The highest BCUT2D eigenvalue weighted by Gasteiger charge is 2.18. The lowest BCUT2D eigenvalue weighted by molar-refractivity contribution is -0.139. The number of nitrogens with zero attached hydrogens (tertiary/aromatic N) is 6. The van der Waals surface area contributed by atoms with Gasteiger partial charge in [-0.1, -0.05) is 12.1 Å². The van der Waals surface area contributed by atoms with Gasteiger partial charge in [-0.3, -0.25) is 24.4 Å². The molecule has 0 saturated carbocycles. The number of isothiocyanates is 1. The van der Waals surface area contributed by atoms with Crippen molar-refractivity contribution in [3.8, 4) is 0 Å². The molecule has 0 fully saturated rings. The van der Waals surface area contributed by atoms with Gasteiger partial charge in [-0.05, 0) is 48.6 Å². The molecule has 3 heterocycles. The van der Waals surface area contributed by atoms with Crippen molar-refractivity contribution < 1.29 is 39.6 Å². The topological polar surface area (TPSA) is 207 Å². The Hall–Kier alpha value is -4.95. The third-order valence-electron chi connectivity index (χ3n) is 5.40. The quantitative estimate of drug-likeness (QED) is 0.150. The zero-order valence-corrected chi connectivity index (χ0v) is 22.2. The molecule has 212 valence electrons. The number of hydrogen-bond donors (Lipinski definition) is 4. The monoisotopic (exact) mass is 580 g/mol. The van der Waals surface area contributed by atoms with Gasteiger partial charge >= 0.3 is 23.9 Å². The summed E-state index contributed by atoms with van der Waals surface area (Å²) in [7, 11) is 0. The van der Waals surface area contributed by atoms with Crippen molar-refractivity contribution in [1.29, 1.82) is 0 Å². The molecule has 14 nitrogen and oxygen atoms in total. The first-order valence-electron chi connectivity index (χ1n) is 11.9. The molecular weight excluding hydrogens is 556 g/mol. The average Bonchev–Trinajstić information content (AvgIpc) is 2.88. The molecule has 15 heteroatoms. The van der Waals surface area contributed by atoms with Crippen LogP contribution < -0.4 is 0 Å². The highest BCUT2D eigenvalue weighted by atomic mass is 32.1. The van der Waals surface area contributed by atoms with Crippen molar-refractivity contribution in [1.82, 2.24) is 24.8 Å². The van der Waals surface area contributed by atoms with Crippen LogP contribution in [0, 0.1) is 0 Å². The van der Waals surface area contributed by atoms with E-state index in [1.807, 2.05) is 0 Å². The minimum atomic E-state index is -1.22. The standard InChI is InChI=1S/C26H24N6O8S/c33-23(34)13-31(9-16-3-1-5-21(29-16)25(37)38)11-19-7-18(27-15-41)8-20(28-19)12-32(14-24(35)36)10-17-4-2-6-22(30-17)26(39)40/h1-8H,9-14H2,(H,33,34)(H,35,36)(H,37,38)(H,39,40). The van der Waals surface area contributed by atoms with Crippen LogP contribution >= 0.6 is 12.2 Å². The molecule has 3 aromatic heterocycles. The number of aromatic carboxylic acids is 2. The van der Waals surface area contributed by atoms with Gasteiger partial charge in [0.15, 0.2) is 0 Å². The largest absolute Gasteiger partial charge is 0.480 e. The normalized spacial score (nSPS) is 10.8. The molecule has 0 aliphatic carbocycles. The highest BCUT2D eigenvalue weighted by molar-refractivity contribution is 7.78. The molecule has 0 aliphatic rings. The van der Waals surface area contributed by atoms with Crippen LogP contribution in [0.15, 0.2) is 53.5 Å². The molecule has 0 spiro atoms. The SMILES string of the molecule is O=C(O)CN(Cc1cc(N=C=S)cc(CN(CC(=O)O)Cc2cccc(C(=O)O)n2)n1)Cc1cccc(C(=O)O)n1. The van der Waals surface area contributed by atoms with Gasteiger partial charge in [0.2, 0.25) is 0 Å². The zero-order valence-electron chi connectivity index (χ0n) is 21.4. The summed E-state index contributed by atoms with van der Waals surface area (Å²) in [6.07, 6.45) is 0. The Labute approximate surface area is 238 Å². The van der Waals surface area contributed by atoms with Crippen LogP contribution in [0.25, 0.3) is 0 Å². The van der Waals surface area contributed by atoms with Gasteiger partial charge in [0.1, 0.15) is 11.4 Å². The minimum absolute atomic E-state index is 0.000209. The van der Waals surface area contributed by atoms with Gasteiger partial charge in [0, 0.05) is 26.2 Å². The molecule has 0 aliphatic heterocycles. The minimum Gasteiger partial charge on any atom is -0.480 e. The van der Waals surface area contributed by atoms with E-state index in [2.05, 4.69) is 25.1 Å². The van der Waals surface area contributed by atoms with Crippen molar-refractivity contribution >= 4 is 46.9 Å². The van der Waals surface area contributed by atoms with Crippen LogP contribution in [0.1, 0.15) is 43.8 Å². The summed E-state index contributed by atoms with van der Waals surface area (Å²) in [5, 5.41) is 39.6. The first-order chi connectivity index (χ1) is 19.5. The van der Waals surface area contributed by atoms with Crippen LogP contribution in [0.5, 0.6) is 0 Å². The number of aliphatic imine (C=N–C) groups is 1. The molecule has 0 atom stereocenters. The number of aliphatic carboxylic acids is 2. The number of rotatable bonds is 15. The molecule has 0 radical (unpaired) electrons. The van der Waals surface area contributed by atoms with E-state index in [-0.39, 0.29) is 37.6 Å². The van der Waals surface area contributed by atoms with Gasteiger partial charge in [-0.2, -0.15) is 4.99 Å². The molecule has 41 heavy (non-hydrogen) atoms. The van der Waals surface area contributed by atoms with E-state index in [1.165, 1.54) is 34.1 Å². The van der Waals surface area contributed by atoms with Crippen molar-refractivity contribution in [2.24, 2.45) is 4.99 Å². The summed E-state index contributed by atoms with van der Waals surface area (Å²) in [5.74, 6) is -4.69. The second kappa shape index (κ2) is 14.4. The van der Waals surface area contributed by atoms with Crippen LogP contribution in [0.3, 0.4) is 0 Å². The summed E-state index contributed by atoms with van der Waals surface area (Å²) in [6.45, 7) is -0.815. The van der Waals surface area contributed by atoms with E-state index in [1.54, 1.807) is 24.3 Å². The molecule has 0 bridgehead atoms. The smallest absolute Gasteiger partial charge is 0.354 e. The van der Waals surface area contributed by atoms with Crippen LogP contribution in [-0.2, 0) is 35.8 Å². The van der Waals surface area contributed by atoms with Gasteiger partial charge in [0.05, 0.1) is 46.7 Å². The maximum atomic E-state index is 11.6. The van der Waals surface area contributed by atoms with E-state index in [0.717, 1.165) is 0 Å². The van der Waals surface area contributed by atoms with Crippen molar-refractivity contribution in [3.05, 3.63) is 82.7 Å². The molecule has 0 unspecified atom stereocenters. The first kappa shape index (κ1) is 30.6. The number of aromatic nitrogens is 3. The van der Waals surface area contributed by atoms with Crippen LogP contribution in [0.4, 0.5) is 5.69 Å². The number of thiocarbonyl (C=S) groups is 1. The lowest BCUT2D eigenvalue weighted by Crippen LogP contribution is -2.31. The van der Waals surface area contributed by atoms with Crippen molar-refractivity contribution in [2.45, 2.75) is 26.2 Å². The van der Waals surface area contributed by atoms with E-state index in [0.29, 0.717) is 28.5 Å². The maximum absolute atomic E-state index is 11.6. The van der Waals surface area contributed by atoms with Crippen LogP contribution in [-0.4, -0.2) is 87.3 Å². The third kappa shape index (κ3) is 9.94. The number of carboxylic acids is 4. The molecule has 0 aromatic carbocycles. The van der Waals surface area contributed by atoms with Gasteiger partial charge in [-0.25, -0.2) is 19.6 Å². The molecular formula is C26H24N6O8S. The first-order valence-corrected chi connectivity index (χ1v) is 12.3. The summed E-state index contributed by atoms with van der Waals surface area (Å²) < 4.78 is 0. The maximum Gasteiger partial charge on any atom is 0.354 e. The Bertz CT molecular complexity index is 1410. The van der Waals surface area contributed by atoms with Gasteiger partial charge in [0.25, 0.3) is 0 Å². The molecule has 0 amide bonds. The van der Waals surface area contributed by atoms with E-state index in [9.17, 15) is 39.6 Å². The Kier molecular flexibility index (Phi) is 10.8. The third-order valence-corrected chi connectivity index (χ3v) is 5.49. The molecule has 3 rings (SSSR count). The van der Waals surface area contributed by atoms with Gasteiger partial charge < -0.3 is 20.4 Å². The fourth-order valence-electron chi connectivity index (χ4n) is 3.92. The number of hydrogen-bond acceptors (Lipinski definition) is 11. The Balaban J connectivity index is 1.89. The van der Waals surface area contributed by atoms with Crippen LogP contribution in [0.2, 0.25) is 0 Å². The van der Waals surface area contributed by atoms with Gasteiger partial charge in [-0.15, -0.1) is 0 Å². The number of pyridine rings is 3. The number of carbonyl (C=O) groups is 4. The summed E-state index contributed by atoms with van der Waals surface area (Å²) in [5.41, 5.74) is 1.41. The van der Waals surface area contributed by atoms with Crippen molar-refractivity contribution in [3.63, 3.8) is 0 Å². The second-order valence-electron chi connectivity index (χ2n) is 8.73. The summed E-state index contributed by atoms with van der Waals surface area (Å²) >= 11 is 4.72. The summed E-state index contributed by atoms with van der Waals surface area (Å²) in [6, 6.07) is 11.9. The average molecular weight is 581 g/mol. The molecule has 0 saturated heterocycles. The predicted molar refractivity (Wildman–Crippen MR) is 145 cm³/mol. The Morgan fingerprint density at radius 3 is 1.46 bits per heavy atom. The van der Waals surface area contributed by atoms with E-state index in [4.69, 9.17) is 12.2 Å². The zero-order chi connectivity index (χ0) is 29.9. The summed E-state index contributed by atoms with van der Waals surface area (Å²) in [4.78, 5) is 65.3. The van der Waals surface area contributed by atoms with Crippen molar-refractivity contribution in [2.75, 3.05) is 13.1 Å². The predicted octanol–water partition coefficient (Wildman–Crippen LogP) is 2.18. The Morgan fingerprint density at radius 2 is 1.10 bits per heavy atom. The van der Waals surface area contributed by atoms with E-state index >= 15 is 0 Å². The Morgan fingerprint density at radius 1 is 0.683 bits per heavy atom. The fraction of sp³-hybridized carbons (Fsp3) is 0.231. The molecule has 3 aromatic rings. The lowest BCUT2D eigenvalue weighted by Gasteiger charge is -2.22. The number of carboxylic acid groups (broad SMARTS) is 4. The van der Waals surface area contributed by atoms with E-state index < -0.39 is 37.0 Å². The lowest BCUT2D eigenvalue weighted by atomic mass is 10.2.